The number of nitrogens with zero attached hydrogens (tertiary/aromatic N) is 5. The van der Waals surface area contributed by atoms with Crippen LogP contribution in [0.5, 0.6) is 0 Å². The van der Waals surface area contributed by atoms with Crippen LogP contribution in [0, 0.1) is 0 Å². The minimum Gasteiger partial charge on any atom is -0.336 e. The predicted molar refractivity (Wildman–Crippen MR) is 104 cm³/mol. The number of carbonyl (C=O) groups is 1. The van der Waals surface area contributed by atoms with E-state index in [1.807, 2.05) is 42.2 Å². The minimum atomic E-state index is -0.135. The maximum absolute atomic E-state index is 12.5. The van der Waals surface area contributed by atoms with E-state index < -0.39 is 0 Å². The number of aryl methyl sites for hydroxylation is 1. The number of rotatable bonds is 4. The third-order valence-corrected chi connectivity index (χ3v) is 5.76. The molecule has 1 saturated heterocycles. The smallest absolute Gasteiger partial charge is 0.275 e. The van der Waals surface area contributed by atoms with E-state index >= 15 is 0 Å². The fraction of sp³-hybridized carbons (Fsp3) is 0.368. The zero-order chi connectivity index (χ0) is 18.8. The first-order valence-electron chi connectivity index (χ1n) is 9.09. The zero-order valence-corrected chi connectivity index (χ0v) is 16.0. The Kier molecular flexibility index (Phi) is 5.00. The largest absolute Gasteiger partial charge is 0.336 e. The van der Waals surface area contributed by atoms with Crippen LogP contribution in [0.2, 0.25) is 0 Å². The van der Waals surface area contributed by atoms with Crippen molar-refractivity contribution in [3.63, 3.8) is 0 Å². The third-order valence-electron chi connectivity index (χ3n) is 4.71. The average Bonchev–Trinajstić information content (AvgIpc) is 3.13. The molecule has 27 heavy (non-hydrogen) atoms. The van der Waals surface area contributed by atoms with Gasteiger partial charge in [0.15, 0.2) is 0 Å². The molecule has 1 amide bonds. The van der Waals surface area contributed by atoms with Gasteiger partial charge in [-0.2, -0.15) is 9.61 Å². The molecule has 0 saturated carbocycles. The Morgan fingerprint density at radius 2 is 1.89 bits per heavy atom. The summed E-state index contributed by atoms with van der Waals surface area (Å²) in [4.78, 5) is 34.2. The zero-order valence-electron chi connectivity index (χ0n) is 15.2. The molecule has 140 valence electrons. The van der Waals surface area contributed by atoms with Crippen molar-refractivity contribution in [3.05, 3.63) is 63.0 Å². The van der Waals surface area contributed by atoms with Crippen molar-refractivity contribution in [2.24, 2.45) is 0 Å². The second-order valence-corrected chi connectivity index (χ2v) is 7.60. The summed E-state index contributed by atoms with van der Waals surface area (Å²) in [5, 5.41) is 5.19. The molecule has 0 unspecified atom stereocenters. The van der Waals surface area contributed by atoms with Crippen LogP contribution in [0.1, 0.15) is 28.0 Å². The molecule has 1 aromatic carbocycles. The van der Waals surface area contributed by atoms with Crippen molar-refractivity contribution in [3.8, 4) is 0 Å². The fourth-order valence-electron chi connectivity index (χ4n) is 3.22. The SMILES string of the molecule is CCc1nn2c(=O)cc(CN3CCN(C(=O)c4ccccc4)CC3)nc2s1. The molecule has 0 N–H and O–H groups in total. The van der Waals surface area contributed by atoms with Crippen molar-refractivity contribution in [1.29, 1.82) is 0 Å². The summed E-state index contributed by atoms with van der Waals surface area (Å²) in [5.74, 6) is 0.0739. The lowest BCUT2D eigenvalue weighted by Crippen LogP contribution is -2.48. The van der Waals surface area contributed by atoms with Gasteiger partial charge in [-0.05, 0) is 18.6 Å². The quantitative estimate of drug-likeness (QED) is 0.685. The molecular formula is C19H21N5O2S. The molecule has 2 aromatic heterocycles. The van der Waals surface area contributed by atoms with Gasteiger partial charge in [-0.1, -0.05) is 36.5 Å². The Morgan fingerprint density at radius 3 is 2.59 bits per heavy atom. The monoisotopic (exact) mass is 383 g/mol. The summed E-state index contributed by atoms with van der Waals surface area (Å²) in [6.45, 7) is 5.51. The Bertz CT molecular complexity index is 1010. The highest BCUT2D eigenvalue weighted by Crippen LogP contribution is 2.14. The van der Waals surface area contributed by atoms with Gasteiger partial charge in [0.25, 0.3) is 11.5 Å². The predicted octanol–water partition coefficient (Wildman–Crippen LogP) is 1.67. The molecular weight excluding hydrogens is 362 g/mol. The van der Waals surface area contributed by atoms with Gasteiger partial charge in [0.05, 0.1) is 5.69 Å². The van der Waals surface area contributed by atoms with Gasteiger partial charge in [0, 0.05) is 44.4 Å². The van der Waals surface area contributed by atoms with E-state index in [4.69, 9.17) is 0 Å². The van der Waals surface area contributed by atoms with Gasteiger partial charge in [-0.25, -0.2) is 4.98 Å². The lowest BCUT2D eigenvalue weighted by atomic mass is 10.2. The lowest BCUT2D eigenvalue weighted by molar-refractivity contribution is 0.0627. The Morgan fingerprint density at radius 1 is 1.15 bits per heavy atom. The first-order chi connectivity index (χ1) is 13.1. The minimum absolute atomic E-state index is 0.0739. The van der Waals surface area contributed by atoms with Crippen molar-refractivity contribution < 1.29 is 4.79 Å². The summed E-state index contributed by atoms with van der Waals surface area (Å²) >= 11 is 1.46. The molecule has 1 aliphatic rings. The number of piperazine rings is 1. The molecule has 8 heteroatoms. The summed E-state index contributed by atoms with van der Waals surface area (Å²) in [6, 6.07) is 10.9. The number of carbonyl (C=O) groups excluding carboxylic acids is 1. The van der Waals surface area contributed by atoms with E-state index in [0.29, 0.717) is 24.6 Å². The van der Waals surface area contributed by atoms with Gasteiger partial charge in [-0.15, -0.1) is 0 Å². The fourth-order valence-corrected chi connectivity index (χ4v) is 4.08. The molecule has 3 aromatic rings. The topological polar surface area (TPSA) is 70.8 Å². The number of amides is 1. The number of hydrogen-bond donors (Lipinski definition) is 0. The highest BCUT2D eigenvalue weighted by atomic mass is 32.1. The van der Waals surface area contributed by atoms with Gasteiger partial charge < -0.3 is 4.90 Å². The first kappa shape index (κ1) is 17.8. The van der Waals surface area contributed by atoms with Crippen LogP contribution in [0.15, 0.2) is 41.2 Å². The van der Waals surface area contributed by atoms with Crippen LogP contribution in [-0.4, -0.2) is 56.5 Å². The van der Waals surface area contributed by atoms with Crippen LogP contribution in [0.3, 0.4) is 0 Å². The molecule has 0 atom stereocenters. The molecule has 7 nitrogen and oxygen atoms in total. The van der Waals surface area contributed by atoms with E-state index in [1.54, 1.807) is 6.07 Å². The Labute approximate surface area is 160 Å². The molecule has 0 bridgehead atoms. The Hall–Kier alpha value is -2.58. The van der Waals surface area contributed by atoms with Gasteiger partial charge in [-0.3, -0.25) is 14.5 Å². The highest BCUT2D eigenvalue weighted by Gasteiger charge is 2.22. The molecule has 0 aliphatic carbocycles. The van der Waals surface area contributed by atoms with Crippen LogP contribution in [-0.2, 0) is 13.0 Å². The van der Waals surface area contributed by atoms with E-state index in [-0.39, 0.29) is 11.5 Å². The van der Waals surface area contributed by atoms with Crippen LogP contribution in [0.25, 0.3) is 4.96 Å². The summed E-state index contributed by atoms with van der Waals surface area (Å²) < 4.78 is 1.38. The maximum Gasteiger partial charge on any atom is 0.275 e. The lowest BCUT2D eigenvalue weighted by Gasteiger charge is -2.34. The number of aromatic nitrogens is 3. The van der Waals surface area contributed by atoms with E-state index in [9.17, 15) is 9.59 Å². The summed E-state index contributed by atoms with van der Waals surface area (Å²) in [6.07, 6.45) is 0.792. The number of hydrogen-bond acceptors (Lipinski definition) is 6. The van der Waals surface area contributed by atoms with E-state index in [0.717, 1.165) is 35.8 Å². The van der Waals surface area contributed by atoms with Crippen molar-refractivity contribution >= 4 is 22.2 Å². The summed E-state index contributed by atoms with van der Waals surface area (Å²) in [7, 11) is 0. The maximum atomic E-state index is 12.5. The summed E-state index contributed by atoms with van der Waals surface area (Å²) in [5.41, 5.74) is 1.35. The molecule has 3 heterocycles. The van der Waals surface area contributed by atoms with Crippen molar-refractivity contribution in [2.45, 2.75) is 19.9 Å². The van der Waals surface area contributed by atoms with Crippen LogP contribution in [0.4, 0.5) is 0 Å². The molecule has 1 fully saturated rings. The highest BCUT2D eigenvalue weighted by molar-refractivity contribution is 7.16. The van der Waals surface area contributed by atoms with E-state index in [1.165, 1.54) is 15.9 Å². The van der Waals surface area contributed by atoms with E-state index in [2.05, 4.69) is 15.0 Å². The van der Waals surface area contributed by atoms with Crippen molar-refractivity contribution in [1.82, 2.24) is 24.4 Å². The first-order valence-corrected chi connectivity index (χ1v) is 9.91. The third kappa shape index (κ3) is 3.77. The van der Waals surface area contributed by atoms with Gasteiger partial charge in [0.2, 0.25) is 4.96 Å². The number of fused-ring (bicyclic) bond motifs is 1. The second-order valence-electron chi connectivity index (χ2n) is 6.56. The molecule has 4 rings (SSSR count). The normalized spacial score (nSPS) is 15.4. The standard InChI is InChI=1S/C19H21N5O2S/c1-2-16-21-24-17(25)12-15(20-19(24)27-16)13-22-8-10-23(11-9-22)18(26)14-6-4-3-5-7-14/h3-7,12H,2,8-11,13H2,1H3. The van der Waals surface area contributed by atoms with Crippen LogP contribution < -0.4 is 5.56 Å². The Balaban J connectivity index is 1.41. The second kappa shape index (κ2) is 7.58. The van der Waals surface area contributed by atoms with Gasteiger partial charge >= 0.3 is 0 Å². The molecule has 0 radical (unpaired) electrons. The van der Waals surface area contributed by atoms with Crippen LogP contribution >= 0.6 is 11.3 Å². The molecule has 0 spiro atoms. The van der Waals surface area contributed by atoms with Gasteiger partial charge in [0.1, 0.15) is 5.01 Å². The average molecular weight is 383 g/mol. The number of benzene rings is 1. The molecule has 1 aliphatic heterocycles. The van der Waals surface area contributed by atoms with Crippen molar-refractivity contribution in [2.75, 3.05) is 26.2 Å².